The monoisotopic (exact) mass is 484 g/mol. The molecule has 3 aromatic carbocycles. The molecule has 34 heavy (non-hydrogen) atoms. The van der Waals surface area contributed by atoms with Crippen LogP contribution in [0.25, 0.3) is 0 Å². The maximum Gasteiger partial charge on any atom is 0.573 e. The zero-order chi connectivity index (χ0) is 24.8. The Hall–Kier alpha value is -3.03. The molecule has 1 unspecified atom stereocenters. The van der Waals surface area contributed by atoms with E-state index in [-0.39, 0.29) is 24.2 Å². The van der Waals surface area contributed by atoms with Gasteiger partial charge in [-0.15, -0.1) is 13.2 Å². The zero-order valence-corrected chi connectivity index (χ0v) is 18.1. The van der Waals surface area contributed by atoms with Crippen molar-refractivity contribution in [3.05, 3.63) is 101 Å². The fourth-order valence-electron chi connectivity index (χ4n) is 3.83. The van der Waals surface area contributed by atoms with Crippen LogP contribution in [0.1, 0.15) is 47.4 Å². The average Bonchev–Trinajstić information content (AvgIpc) is 2.75. The van der Waals surface area contributed by atoms with E-state index in [1.165, 1.54) is 6.07 Å². The minimum absolute atomic E-state index is 0.117. The molecule has 0 N–H and O–H groups in total. The third-order valence-electron chi connectivity index (χ3n) is 5.47. The van der Waals surface area contributed by atoms with Gasteiger partial charge < -0.3 is 4.74 Å². The summed E-state index contributed by atoms with van der Waals surface area (Å²) in [5.74, 6) is -2.70. The molecule has 0 fully saturated rings. The lowest BCUT2D eigenvalue weighted by molar-refractivity contribution is -0.274. The molecule has 182 valence electrons. The lowest BCUT2D eigenvalue weighted by Gasteiger charge is -2.21. The Labute approximate surface area is 193 Å². The summed E-state index contributed by atoms with van der Waals surface area (Å²) in [4.78, 5) is 0. The van der Waals surface area contributed by atoms with Crippen molar-refractivity contribution in [1.29, 1.82) is 0 Å². The van der Waals surface area contributed by atoms with Crippen LogP contribution in [0.3, 0.4) is 0 Å². The second kappa shape index (κ2) is 10.9. The predicted molar refractivity (Wildman–Crippen MR) is 115 cm³/mol. The molecule has 0 bridgehead atoms. The smallest absolute Gasteiger partial charge is 0.406 e. The predicted octanol–water partition coefficient (Wildman–Crippen LogP) is 8.37. The highest BCUT2D eigenvalue weighted by molar-refractivity contribution is 5.32. The molecule has 8 heteroatoms. The van der Waals surface area contributed by atoms with E-state index in [0.717, 1.165) is 35.4 Å². The van der Waals surface area contributed by atoms with E-state index in [4.69, 9.17) is 0 Å². The molecular formula is C26H23F7O. The van der Waals surface area contributed by atoms with Crippen molar-refractivity contribution in [2.24, 2.45) is 0 Å². The van der Waals surface area contributed by atoms with Crippen LogP contribution in [0.4, 0.5) is 30.7 Å². The Kier molecular flexibility index (Phi) is 8.23. The molecule has 1 atom stereocenters. The molecule has 0 aromatic heterocycles. The molecule has 3 rings (SSSR count). The van der Waals surface area contributed by atoms with E-state index in [0.29, 0.717) is 24.8 Å². The van der Waals surface area contributed by atoms with Gasteiger partial charge in [-0.05, 0) is 59.7 Å². The highest BCUT2D eigenvalue weighted by atomic mass is 19.4. The molecular weight excluding hydrogens is 461 g/mol. The SMILES string of the molecule is Fc1ccc(CCCCC(c2ccc(OC(F)(F)F)cc2)C(F)(F)F)cc1Cc1ccccc1. The Balaban J connectivity index is 1.59. The average molecular weight is 484 g/mol. The van der Waals surface area contributed by atoms with Crippen LogP contribution < -0.4 is 4.74 Å². The minimum Gasteiger partial charge on any atom is -0.406 e. The van der Waals surface area contributed by atoms with E-state index in [1.807, 2.05) is 30.3 Å². The molecule has 0 saturated carbocycles. The molecule has 0 spiro atoms. The second-order valence-corrected chi connectivity index (χ2v) is 8.04. The summed E-state index contributed by atoms with van der Waals surface area (Å²) >= 11 is 0. The normalized spacial score (nSPS) is 13.0. The summed E-state index contributed by atoms with van der Waals surface area (Å²) in [5, 5.41) is 0. The van der Waals surface area contributed by atoms with Crippen molar-refractivity contribution in [3.63, 3.8) is 0 Å². The number of hydrogen-bond acceptors (Lipinski definition) is 1. The maximum atomic E-state index is 14.2. The van der Waals surface area contributed by atoms with Gasteiger partial charge in [0.25, 0.3) is 0 Å². The molecule has 0 amide bonds. The van der Waals surface area contributed by atoms with Crippen LogP contribution in [0, 0.1) is 5.82 Å². The van der Waals surface area contributed by atoms with E-state index < -0.39 is 24.2 Å². The maximum absolute atomic E-state index is 14.2. The summed E-state index contributed by atoms with van der Waals surface area (Å²) in [7, 11) is 0. The molecule has 0 heterocycles. The first-order chi connectivity index (χ1) is 16.0. The Bertz CT molecular complexity index is 1040. The van der Waals surface area contributed by atoms with Gasteiger partial charge in [-0.3, -0.25) is 0 Å². The fourth-order valence-corrected chi connectivity index (χ4v) is 3.83. The summed E-state index contributed by atoms with van der Waals surface area (Å²) in [6.07, 6.45) is -8.04. The minimum atomic E-state index is -4.91. The number of halogens is 7. The van der Waals surface area contributed by atoms with Gasteiger partial charge >= 0.3 is 12.5 Å². The van der Waals surface area contributed by atoms with Gasteiger partial charge in [0.2, 0.25) is 0 Å². The first-order valence-corrected chi connectivity index (χ1v) is 10.7. The highest BCUT2D eigenvalue weighted by Gasteiger charge is 2.40. The van der Waals surface area contributed by atoms with E-state index in [9.17, 15) is 30.7 Å². The van der Waals surface area contributed by atoms with Crippen LogP contribution >= 0.6 is 0 Å². The van der Waals surface area contributed by atoms with Gasteiger partial charge in [0.15, 0.2) is 0 Å². The molecule has 0 aliphatic rings. The van der Waals surface area contributed by atoms with Crippen molar-refractivity contribution < 1.29 is 35.5 Å². The Morgan fingerprint density at radius 3 is 2.03 bits per heavy atom. The number of alkyl halides is 6. The summed E-state index contributed by atoms with van der Waals surface area (Å²) in [5.41, 5.74) is 2.20. The number of aryl methyl sites for hydroxylation is 1. The number of unbranched alkanes of at least 4 members (excludes halogenated alkanes) is 1. The highest BCUT2D eigenvalue weighted by Crippen LogP contribution is 2.39. The zero-order valence-electron chi connectivity index (χ0n) is 18.1. The fraction of sp³-hybridized carbons (Fsp3) is 0.308. The molecule has 3 aromatic rings. The largest absolute Gasteiger partial charge is 0.573 e. The van der Waals surface area contributed by atoms with Crippen molar-refractivity contribution in [1.82, 2.24) is 0 Å². The van der Waals surface area contributed by atoms with E-state index in [1.54, 1.807) is 12.1 Å². The molecule has 0 radical (unpaired) electrons. The van der Waals surface area contributed by atoms with E-state index in [2.05, 4.69) is 4.74 Å². The van der Waals surface area contributed by atoms with Crippen LogP contribution in [-0.2, 0) is 12.8 Å². The Morgan fingerprint density at radius 1 is 0.735 bits per heavy atom. The van der Waals surface area contributed by atoms with Gasteiger partial charge in [0.05, 0.1) is 5.92 Å². The third kappa shape index (κ3) is 7.78. The van der Waals surface area contributed by atoms with Crippen LogP contribution in [-0.4, -0.2) is 12.5 Å². The van der Waals surface area contributed by atoms with Crippen molar-refractivity contribution in [2.75, 3.05) is 0 Å². The van der Waals surface area contributed by atoms with Gasteiger partial charge in [-0.25, -0.2) is 4.39 Å². The molecule has 0 saturated heterocycles. The van der Waals surface area contributed by atoms with Gasteiger partial charge in [0.1, 0.15) is 11.6 Å². The quantitative estimate of drug-likeness (QED) is 0.219. The van der Waals surface area contributed by atoms with Crippen molar-refractivity contribution in [2.45, 2.75) is 50.6 Å². The van der Waals surface area contributed by atoms with Crippen LogP contribution in [0.15, 0.2) is 72.8 Å². The molecule has 1 nitrogen and oxygen atoms in total. The summed E-state index contributed by atoms with van der Waals surface area (Å²) in [6, 6.07) is 17.9. The second-order valence-electron chi connectivity index (χ2n) is 8.04. The first kappa shape index (κ1) is 25.6. The lowest BCUT2D eigenvalue weighted by Crippen LogP contribution is -2.21. The van der Waals surface area contributed by atoms with Gasteiger partial charge in [-0.1, -0.05) is 61.0 Å². The third-order valence-corrected chi connectivity index (χ3v) is 5.47. The van der Waals surface area contributed by atoms with Gasteiger partial charge in [-0.2, -0.15) is 13.2 Å². The van der Waals surface area contributed by atoms with Crippen LogP contribution in [0.2, 0.25) is 0 Å². The molecule has 0 aliphatic heterocycles. The summed E-state index contributed by atoms with van der Waals surface area (Å²) < 4.78 is 95.5. The lowest BCUT2D eigenvalue weighted by atomic mass is 9.91. The molecule has 0 aliphatic carbocycles. The van der Waals surface area contributed by atoms with Crippen molar-refractivity contribution in [3.8, 4) is 5.75 Å². The van der Waals surface area contributed by atoms with E-state index >= 15 is 0 Å². The number of benzene rings is 3. The topological polar surface area (TPSA) is 9.23 Å². The van der Waals surface area contributed by atoms with Gasteiger partial charge in [0, 0.05) is 6.42 Å². The van der Waals surface area contributed by atoms with Crippen LogP contribution in [0.5, 0.6) is 5.75 Å². The number of rotatable bonds is 9. The number of ether oxygens (including phenoxy) is 1. The van der Waals surface area contributed by atoms with Crippen molar-refractivity contribution >= 4 is 0 Å². The standard InChI is InChI=1S/C26H23F7O/c27-24-15-10-19(17-21(24)16-18-6-2-1-3-7-18)8-4-5-9-23(25(28,29)30)20-11-13-22(14-12-20)34-26(31,32)33/h1-3,6-7,10-15,17,23H,4-5,8-9,16H2. The number of hydrogen-bond donors (Lipinski definition) is 0. The summed E-state index contributed by atoms with van der Waals surface area (Å²) in [6.45, 7) is 0. The first-order valence-electron chi connectivity index (χ1n) is 10.7. The Morgan fingerprint density at radius 2 is 1.41 bits per heavy atom.